The molecule has 0 unspecified atom stereocenters. The van der Waals surface area contributed by atoms with Gasteiger partial charge >= 0.3 is 0 Å². The van der Waals surface area contributed by atoms with Crippen molar-refractivity contribution in [3.63, 3.8) is 0 Å². The smallest absolute Gasteiger partial charge is 0.115 e. The molecule has 0 aromatic heterocycles. The number of phenols is 1. The lowest BCUT2D eigenvalue weighted by Gasteiger charge is -2.55. The predicted molar refractivity (Wildman–Crippen MR) is 91.9 cm³/mol. The normalized spacial score (nSPS) is 30.4. The van der Waals surface area contributed by atoms with Gasteiger partial charge in [0, 0.05) is 5.41 Å². The molecule has 1 aromatic rings. The first kappa shape index (κ1) is 17.6. The van der Waals surface area contributed by atoms with Crippen LogP contribution in [0.25, 0.3) is 0 Å². The van der Waals surface area contributed by atoms with Gasteiger partial charge in [0.15, 0.2) is 0 Å². The number of aliphatic hydroxyl groups is 1. The Morgan fingerprint density at radius 3 is 2.59 bits per heavy atom. The molecule has 3 nitrogen and oxygen atoms in total. The van der Waals surface area contributed by atoms with E-state index in [2.05, 4.69) is 25.1 Å². The Balaban J connectivity index is 0.00000176. The summed E-state index contributed by atoms with van der Waals surface area (Å²) in [6.45, 7) is 0.970. The molecule has 0 radical (unpaired) electrons. The maximum Gasteiger partial charge on any atom is 0.115 e. The molecule has 0 spiro atoms. The molecule has 2 aliphatic rings. The molecule has 0 amide bonds. The second-order valence-corrected chi connectivity index (χ2v) is 7.22. The summed E-state index contributed by atoms with van der Waals surface area (Å²) in [6, 6.07) is 5.75. The highest BCUT2D eigenvalue weighted by molar-refractivity contribution is 5.85. The molecule has 1 aromatic carbocycles. The zero-order chi connectivity index (χ0) is 15.1. The number of rotatable bonds is 3. The second kappa shape index (κ2) is 6.38. The fourth-order valence-electron chi connectivity index (χ4n) is 4.54. The standard InChI is InChI=1S/C18H27NO2.ClH/c1-19(2)12-11-17-8-3-4-9-18(17,21)10-7-14-5-6-15(20)13-16(14)17;/h5-6,13,20-21H,3-4,7-12H2,1-2H3;1H/t17-,18+;/m0./s1. The average Bonchev–Trinajstić information content (AvgIpc) is 2.45. The van der Waals surface area contributed by atoms with Crippen molar-refractivity contribution < 1.29 is 10.2 Å². The van der Waals surface area contributed by atoms with Crippen LogP contribution >= 0.6 is 12.4 Å². The molecular weight excluding hydrogens is 298 g/mol. The lowest BCUT2D eigenvalue weighted by Crippen LogP contribution is -2.57. The van der Waals surface area contributed by atoms with Crippen molar-refractivity contribution >= 4 is 12.4 Å². The molecule has 0 bridgehead atoms. The van der Waals surface area contributed by atoms with Gasteiger partial charge < -0.3 is 15.1 Å². The Bertz CT molecular complexity index is 534. The first-order valence-corrected chi connectivity index (χ1v) is 8.16. The summed E-state index contributed by atoms with van der Waals surface area (Å²) in [7, 11) is 4.18. The Kier molecular flexibility index (Phi) is 5.10. The van der Waals surface area contributed by atoms with E-state index in [1.165, 1.54) is 17.5 Å². The van der Waals surface area contributed by atoms with E-state index in [4.69, 9.17) is 0 Å². The number of nitrogens with zero attached hydrogens (tertiary/aromatic N) is 1. The van der Waals surface area contributed by atoms with E-state index in [9.17, 15) is 10.2 Å². The summed E-state index contributed by atoms with van der Waals surface area (Å²) >= 11 is 0. The molecule has 2 atom stereocenters. The third-order valence-electron chi connectivity index (χ3n) is 5.74. The number of halogens is 1. The number of phenolic OH excluding ortho intramolecular Hbond substituents is 1. The van der Waals surface area contributed by atoms with Crippen molar-refractivity contribution in [2.45, 2.75) is 56.0 Å². The van der Waals surface area contributed by atoms with Crippen molar-refractivity contribution in [1.82, 2.24) is 4.90 Å². The van der Waals surface area contributed by atoms with E-state index in [-0.39, 0.29) is 17.8 Å². The van der Waals surface area contributed by atoms with E-state index in [1.807, 2.05) is 6.07 Å². The highest BCUT2D eigenvalue weighted by atomic mass is 35.5. The first-order valence-electron chi connectivity index (χ1n) is 8.16. The Labute approximate surface area is 139 Å². The third-order valence-corrected chi connectivity index (χ3v) is 5.74. The highest BCUT2D eigenvalue weighted by Crippen LogP contribution is 2.55. The van der Waals surface area contributed by atoms with Crippen LogP contribution in [0.2, 0.25) is 0 Å². The lowest BCUT2D eigenvalue weighted by molar-refractivity contribution is -0.0887. The van der Waals surface area contributed by atoms with Gasteiger partial charge in [0.25, 0.3) is 0 Å². The molecule has 22 heavy (non-hydrogen) atoms. The maximum absolute atomic E-state index is 11.4. The van der Waals surface area contributed by atoms with Gasteiger partial charge in [-0.3, -0.25) is 0 Å². The van der Waals surface area contributed by atoms with E-state index in [1.54, 1.807) is 6.07 Å². The molecular formula is C18H28ClNO2. The minimum absolute atomic E-state index is 0. The molecule has 1 fully saturated rings. The molecule has 3 rings (SSSR count). The minimum Gasteiger partial charge on any atom is -0.508 e. The van der Waals surface area contributed by atoms with Gasteiger partial charge in [-0.2, -0.15) is 0 Å². The lowest BCUT2D eigenvalue weighted by atomic mass is 9.53. The number of hydrogen-bond acceptors (Lipinski definition) is 3. The van der Waals surface area contributed by atoms with Crippen molar-refractivity contribution in [2.75, 3.05) is 20.6 Å². The summed E-state index contributed by atoms with van der Waals surface area (Å²) in [4.78, 5) is 2.20. The SMILES string of the molecule is CN(C)CC[C@]12CCCC[C@@]1(O)CCc1ccc(O)cc12.Cl. The van der Waals surface area contributed by atoms with Crippen molar-refractivity contribution in [2.24, 2.45) is 0 Å². The predicted octanol–water partition coefficient (Wildman–Crippen LogP) is 3.25. The van der Waals surface area contributed by atoms with Gasteiger partial charge in [-0.05, 0) is 76.0 Å². The van der Waals surface area contributed by atoms with Crippen molar-refractivity contribution in [3.05, 3.63) is 29.3 Å². The first-order chi connectivity index (χ1) is 9.97. The zero-order valence-corrected chi connectivity index (χ0v) is 14.5. The second-order valence-electron chi connectivity index (χ2n) is 7.22. The van der Waals surface area contributed by atoms with Gasteiger partial charge in [-0.1, -0.05) is 18.9 Å². The van der Waals surface area contributed by atoms with Crippen LogP contribution in [0, 0.1) is 0 Å². The number of aryl methyl sites for hydroxylation is 1. The molecule has 2 N–H and O–H groups in total. The number of hydrogen-bond donors (Lipinski definition) is 2. The van der Waals surface area contributed by atoms with Crippen LogP contribution in [0.3, 0.4) is 0 Å². The Morgan fingerprint density at radius 1 is 1.14 bits per heavy atom. The number of benzene rings is 1. The highest BCUT2D eigenvalue weighted by Gasteiger charge is 2.54. The monoisotopic (exact) mass is 325 g/mol. The molecule has 2 aliphatic carbocycles. The summed E-state index contributed by atoms with van der Waals surface area (Å²) in [5.74, 6) is 0.327. The summed E-state index contributed by atoms with van der Waals surface area (Å²) in [5, 5.41) is 21.4. The van der Waals surface area contributed by atoms with Gasteiger partial charge in [-0.15, -0.1) is 12.4 Å². The minimum atomic E-state index is -0.595. The van der Waals surface area contributed by atoms with E-state index >= 15 is 0 Å². The van der Waals surface area contributed by atoms with Crippen molar-refractivity contribution in [3.8, 4) is 5.75 Å². The Hall–Kier alpha value is -0.770. The van der Waals surface area contributed by atoms with Crippen LogP contribution in [-0.2, 0) is 11.8 Å². The molecule has 1 saturated carbocycles. The molecule has 4 heteroatoms. The molecule has 124 valence electrons. The quantitative estimate of drug-likeness (QED) is 0.896. The van der Waals surface area contributed by atoms with Crippen molar-refractivity contribution in [1.29, 1.82) is 0 Å². The average molecular weight is 326 g/mol. The Morgan fingerprint density at radius 2 is 1.86 bits per heavy atom. The fourth-order valence-corrected chi connectivity index (χ4v) is 4.54. The van der Waals surface area contributed by atoms with Crippen LogP contribution in [0.5, 0.6) is 5.75 Å². The third kappa shape index (κ3) is 2.75. The maximum atomic E-state index is 11.4. The van der Waals surface area contributed by atoms with E-state index in [0.29, 0.717) is 5.75 Å². The molecule has 0 saturated heterocycles. The summed E-state index contributed by atoms with van der Waals surface area (Å²) < 4.78 is 0. The van der Waals surface area contributed by atoms with Crippen LogP contribution in [-0.4, -0.2) is 41.4 Å². The van der Waals surface area contributed by atoms with Crippen LogP contribution in [0.4, 0.5) is 0 Å². The number of fused-ring (bicyclic) bond motifs is 3. The van der Waals surface area contributed by atoms with Crippen LogP contribution in [0.1, 0.15) is 49.7 Å². The van der Waals surface area contributed by atoms with Crippen LogP contribution < -0.4 is 0 Å². The van der Waals surface area contributed by atoms with E-state index < -0.39 is 5.60 Å². The van der Waals surface area contributed by atoms with Gasteiger partial charge in [-0.25, -0.2) is 0 Å². The van der Waals surface area contributed by atoms with Gasteiger partial charge in [0.05, 0.1) is 5.60 Å². The molecule has 0 aliphatic heterocycles. The zero-order valence-electron chi connectivity index (χ0n) is 13.6. The van der Waals surface area contributed by atoms with E-state index in [0.717, 1.165) is 45.1 Å². The van der Waals surface area contributed by atoms with Crippen LogP contribution in [0.15, 0.2) is 18.2 Å². The molecule has 0 heterocycles. The summed E-state index contributed by atoms with van der Waals surface area (Å²) in [6.07, 6.45) is 6.98. The topological polar surface area (TPSA) is 43.7 Å². The largest absolute Gasteiger partial charge is 0.508 e. The van der Waals surface area contributed by atoms with Gasteiger partial charge in [0.1, 0.15) is 5.75 Å². The summed E-state index contributed by atoms with van der Waals surface area (Å²) in [5.41, 5.74) is 1.75. The fraction of sp³-hybridized carbons (Fsp3) is 0.667. The number of aromatic hydroxyl groups is 1. The van der Waals surface area contributed by atoms with Gasteiger partial charge in [0.2, 0.25) is 0 Å².